The first-order valence-corrected chi connectivity index (χ1v) is 8.26. The summed E-state index contributed by atoms with van der Waals surface area (Å²) >= 11 is 5.88. The van der Waals surface area contributed by atoms with Crippen LogP contribution in [0, 0.1) is 11.8 Å². The van der Waals surface area contributed by atoms with Gasteiger partial charge in [0.15, 0.2) is 0 Å². The van der Waals surface area contributed by atoms with E-state index in [1.165, 1.54) is 0 Å². The maximum Gasteiger partial charge on any atom is 0.226 e. The molecule has 0 saturated carbocycles. The highest BCUT2D eigenvalue weighted by atomic mass is 35.5. The highest BCUT2D eigenvalue weighted by Gasteiger charge is 2.30. The molecule has 1 saturated heterocycles. The minimum Gasteiger partial charge on any atom is -0.388 e. The first kappa shape index (κ1) is 17.3. The third-order valence-corrected chi connectivity index (χ3v) is 4.94. The van der Waals surface area contributed by atoms with Crippen LogP contribution in [-0.2, 0) is 4.79 Å². The first-order chi connectivity index (χ1) is 10.4. The maximum atomic E-state index is 12.3. The van der Waals surface area contributed by atoms with Crippen molar-refractivity contribution in [1.29, 1.82) is 0 Å². The molecule has 122 valence electrons. The van der Waals surface area contributed by atoms with E-state index in [0.29, 0.717) is 18.1 Å². The summed E-state index contributed by atoms with van der Waals surface area (Å²) in [5.41, 5.74) is 6.70. The number of nitrogens with two attached hydrogens (primary N) is 1. The zero-order valence-corrected chi connectivity index (χ0v) is 14.0. The van der Waals surface area contributed by atoms with Crippen LogP contribution in [0.15, 0.2) is 24.3 Å². The molecule has 0 bridgehead atoms. The number of carbonyl (C=O) groups excluding carboxylic acids is 1. The van der Waals surface area contributed by atoms with Gasteiger partial charge in [-0.1, -0.05) is 30.7 Å². The number of nitrogens with zero attached hydrogens (tertiary/aromatic N) is 1. The number of aliphatic hydroxyl groups excluding tert-OH is 1. The number of aliphatic hydroxyl groups is 1. The van der Waals surface area contributed by atoms with Crippen LogP contribution >= 0.6 is 11.6 Å². The van der Waals surface area contributed by atoms with Crippen LogP contribution in [0.2, 0.25) is 5.02 Å². The molecule has 1 fully saturated rings. The number of likely N-dealkylation sites (tertiary alicyclic amines) is 1. The molecule has 1 aliphatic rings. The van der Waals surface area contributed by atoms with Crippen molar-refractivity contribution in [3.8, 4) is 0 Å². The van der Waals surface area contributed by atoms with Gasteiger partial charge in [-0.25, -0.2) is 0 Å². The zero-order chi connectivity index (χ0) is 16.3. The maximum absolute atomic E-state index is 12.3. The number of amides is 1. The average Bonchev–Trinajstić information content (AvgIpc) is 2.53. The molecule has 1 aromatic carbocycles. The van der Waals surface area contributed by atoms with E-state index in [1.54, 1.807) is 12.1 Å². The molecular weight excluding hydrogens is 300 g/mol. The molecule has 1 aliphatic heterocycles. The van der Waals surface area contributed by atoms with Crippen LogP contribution in [0.25, 0.3) is 0 Å². The van der Waals surface area contributed by atoms with Crippen LogP contribution in [0.3, 0.4) is 0 Å². The summed E-state index contributed by atoms with van der Waals surface area (Å²) in [5.74, 6) is 0.142. The predicted octanol–water partition coefficient (Wildman–Crippen LogP) is 2.60. The Morgan fingerprint density at radius 2 is 1.82 bits per heavy atom. The average molecular weight is 325 g/mol. The fraction of sp³-hybridized carbons (Fsp3) is 0.588. The van der Waals surface area contributed by atoms with Crippen molar-refractivity contribution in [3.05, 3.63) is 34.9 Å². The van der Waals surface area contributed by atoms with Gasteiger partial charge in [-0.15, -0.1) is 0 Å². The molecule has 1 heterocycles. The third kappa shape index (κ3) is 4.00. The standard InChI is InChI=1S/C17H25ClN2O2/c1-11(12(2)19)17(22)20-9-7-14(8-10-20)16(21)13-3-5-15(18)6-4-13/h3-6,11-12,14,16,21H,7-10,19H2,1-2H3. The summed E-state index contributed by atoms with van der Waals surface area (Å²) in [6.07, 6.45) is 1.11. The van der Waals surface area contributed by atoms with Gasteiger partial charge in [0.05, 0.1) is 12.0 Å². The van der Waals surface area contributed by atoms with E-state index in [-0.39, 0.29) is 23.8 Å². The fourth-order valence-electron chi connectivity index (χ4n) is 2.88. The molecule has 5 heteroatoms. The van der Waals surface area contributed by atoms with Crippen LogP contribution in [0.4, 0.5) is 0 Å². The second kappa shape index (κ2) is 7.44. The lowest BCUT2D eigenvalue weighted by Gasteiger charge is -2.36. The number of carbonyl (C=O) groups is 1. The van der Waals surface area contributed by atoms with E-state index in [0.717, 1.165) is 18.4 Å². The number of hydrogen-bond donors (Lipinski definition) is 2. The van der Waals surface area contributed by atoms with Crippen molar-refractivity contribution in [1.82, 2.24) is 4.90 Å². The first-order valence-electron chi connectivity index (χ1n) is 7.88. The molecule has 3 unspecified atom stereocenters. The zero-order valence-electron chi connectivity index (χ0n) is 13.2. The van der Waals surface area contributed by atoms with Gasteiger partial charge in [0.1, 0.15) is 0 Å². The SMILES string of the molecule is CC(N)C(C)C(=O)N1CCC(C(O)c2ccc(Cl)cc2)CC1. The van der Waals surface area contributed by atoms with Crippen molar-refractivity contribution in [2.75, 3.05) is 13.1 Å². The normalized spacial score (nSPS) is 20.5. The van der Waals surface area contributed by atoms with E-state index in [2.05, 4.69) is 0 Å². The Morgan fingerprint density at radius 1 is 1.27 bits per heavy atom. The lowest BCUT2D eigenvalue weighted by molar-refractivity contribution is -0.137. The molecule has 2 rings (SSSR count). The molecule has 3 atom stereocenters. The summed E-state index contributed by atoms with van der Waals surface area (Å²) in [6, 6.07) is 7.18. The molecule has 0 aliphatic carbocycles. The Morgan fingerprint density at radius 3 is 2.32 bits per heavy atom. The van der Waals surface area contributed by atoms with Gasteiger partial charge in [0, 0.05) is 24.2 Å². The van der Waals surface area contributed by atoms with Crippen molar-refractivity contribution in [2.24, 2.45) is 17.6 Å². The molecule has 3 N–H and O–H groups in total. The smallest absolute Gasteiger partial charge is 0.226 e. The Hall–Kier alpha value is -1.10. The number of piperidine rings is 1. The Balaban J connectivity index is 1.91. The van der Waals surface area contributed by atoms with Gasteiger partial charge >= 0.3 is 0 Å². The second-order valence-corrected chi connectivity index (χ2v) is 6.74. The van der Waals surface area contributed by atoms with Crippen LogP contribution in [0.1, 0.15) is 38.4 Å². The number of hydrogen-bond acceptors (Lipinski definition) is 3. The molecule has 1 aromatic rings. The summed E-state index contributed by atoms with van der Waals surface area (Å²) in [5, 5.41) is 11.2. The molecule has 0 radical (unpaired) electrons. The highest BCUT2D eigenvalue weighted by Crippen LogP contribution is 2.31. The lowest BCUT2D eigenvalue weighted by atomic mass is 9.87. The van der Waals surface area contributed by atoms with Crippen molar-refractivity contribution in [3.63, 3.8) is 0 Å². The molecule has 0 spiro atoms. The van der Waals surface area contributed by atoms with E-state index >= 15 is 0 Å². The van der Waals surface area contributed by atoms with Crippen LogP contribution in [0.5, 0.6) is 0 Å². The summed E-state index contributed by atoms with van der Waals surface area (Å²) in [7, 11) is 0. The lowest BCUT2D eigenvalue weighted by Crippen LogP contribution is -2.45. The van der Waals surface area contributed by atoms with Crippen molar-refractivity contribution in [2.45, 2.75) is 38.8 Å². The van der Waals surface area contributed by atoms with Gasteiger partial charge in [-0.2, -0.15) is 0 Å². The van der Waals surface area contributed by atoms with Gasteiger partial charge in [0.2, 0.25) is 5.91 Å². The Bertz CT molecular complexity index is 496. The minimum atomic E-state index is -0.500. The van der Waals surface area contributed by atoms with E-state index in [9.17, 15) is 9.90 Å². The summed E-state index contributed by atoms with van der Waals surface area (Å²) in [6.45, 7) is 5.11. The number of halogens is 1. The van der Waals surface area contributed by atoms with E-state index < -0.39 is 6.10 Å². The predicted molar refractivity (Wildman–Crippen MR) is 88.5 cm³/mol. The summed E-state index contributed by atoms with van der Waals surface area (Å²) < 4.78 is 0. The summed E-state index contributed by atoms with van der Waals surface area (Å²) in [4.78, 5) is 14.2. The number of benzene rings is 1. The third-order valence-electron chi connectivity index (χ3n) is 4.69. The quantitative estimate of drug-likeness (QED) is 0.894. The van der Waals surface area contributed by atoms with Crippen LogP contribution < -0.4 is 5.73 Å². The Kier molecular flexibility index (Phi) is 5.84. The van der Waals surface area contributed by atoms with Crippen LogP contribution in [-0.4, -0.2) is 35.0 Å². The van der Waals surface area contributed by atoms with Gasteiger partial charge in [-0.05, 0) is 43.4 Å². The van der Waals surface area contributed by atoms with Gasteiger partial charge in [-0.3, -0.25) is 4.79 Å². The van der Waals surface area contributed by atoms with E-state index in [1.807, 2.05) is 30.9 Å². The van der Waals surface area contributed by atoms with E-state index in [4.69, 9.17) is 17.3 Å². The molecular formula is C17H25ClN2O2. The van der Waals surface area contributed by atoms with Crippen molar-refractivity contribution >= 4 is 17.5 Å². The largest absolute Gasteiger partial charge is 0.388 e. The van der Waals surface area contributed by atoms with Gasteiger partial charge < -0.3 is 15.7 Å². The van der Waals surface area contributed by atoms with Gasteiger partial charge in [0.25, 0.3) is 0 Å². The second-order valence-electron chi connectivity index (χ2n) is 6.31. The molecule has 0 aromatic heterocycles. The highest BCUT2D eigenvalue weighted by molar-refractivity contribution is 6.30. The molecule has 1 amide bonds. The molecule has 22 heavy (non-hydrogen) atoms. The molecule has 4 nitrogen and oxygen atoms in total. The monoisotopic (exact) mass is 324 g/mol. The number of rotatable bonds is 4. The fourth-order valence-corrected chi connectivity index (χ4v) is 3.01. The van der Waals surface area contributed by atoms with Crippen molar-refractivity contribution < 1.29 is 9.90 Å². The topological polar surface area (TPSA) is 66.6 Å². The minimum absolute atomic E-state index is 0.120. The Labute approximate surface area is 137 Å².